The second-order valence-corrected chi connectivity index (χ2v) is 18.9. The van der Waals surface area contributed by atoms with Gasteiger partial charge in [-0.3, -0.25) is 0 Å². The van der Waals surface area contributed by atoms with Crippen LogP contribution in [0.25, 0.3) is 88.9 Å². The zero-order valence-electron chi connectivity index (χ0n) is 29.5. The predicted octanol–water partition coefficient (Wildman–Crippen LogP) is 10.8. The van der Waals surface area contributed by atoms with Crippen LogP contribution < -0.4 is 10.4 Å². The second-order valence-electron chi connectivity index (χ2n) is 14.6. The quantitative estimate of drug-likeness (QED) is 0.172. The molecule has 4 nitrogen and oxygen atoms in total. The minimum absolute atomic E-state index is 0.756. The van der Waals surface area contributed by atoms with Gasteiger partial charge >= 0.3 is 0 Å². The molecule has 0 unspecified atom stereocenters. The second kappa shape index (κ2) is 11.2. The van der Waals surface area contributed by atoms with Crippen LogP contribution in [-0.4, -0.2) is 27.2 Å². The van der Waals surface area contributed by atoms with Crippen LogP contribution in [0, 0.1) is 0 Å². The van der Waals surface area contributed by atoms with E-state index < -0.39 is 8.07 Å². The van der Waals surface area contributed by atoms with E-state index in [9.17, 15) is 0 Å². The van der Waals surface area contributed by atoms with Gasteiger partial charge in [-0.25, -0.2) is 9.97 Å². The van der Waals surface area contributed by atoms with Crippen LogP contribution in [0.15, 0.2) is 170 Å². The maximum absolute atomic E-state index is 5.38. The SMILES string of the molecule is C[Si]1(C)c2ccccc2-c2nc(-c3ccc(-n4c5ccccc5c5ccc6c(c7ccccc7n6-c6ccccc6)c54)cc3)nc(-c3ccccc3)c21. The highest BCUT2D eigenvalue weighted by Gasteiger charge is 2.41. The maximum atomic E-state index is 5.38. The van der Waals surface area contributed by atoms with Crippen molar-refractivity contribution in [3.8, 4) is 45.3 Å². The Kier molecular flexibility index (Phi) is 6.37. The van der Waals surface area contributed by atoms with E-state index in [2.05, 4.69) is 192 Å². The highest BCUT2D eigenvalue weighted by Crippen LogP contribution is 2.42. The van der Waals surface area contributed by atoms with Gasteiger partial charge < -0.3 is 9.13 Å². The lowest BCUT2D eigenvalue weighted by atomic mass is 10.1. The van der Waals surface area contributed by atoms with Crippen molar-refractivity contribution in [1.82, 2.24) is 19.1 Å². The zero-order valence-corrected chi connectivity index (χ0v) is 30.5. The Morgan fingerprint density at radius 2 is 1.04 bits per heavy atom. The molecule has 0 aliphatic carbocycles. The van der Waals surface area contributed by atoms with E-state index in [4.69, 9.17) is 9.97 Å². The monoisotopic (exact) mass is 694 g/mol. The molecule has 0 saturated carbocycles. The first kappa shape index (κ1) is 30.1. The first-order valence-electron chi connectivity index (χ1n) is 18.3. The van der Waals surface area contributed by atoms with Crippen molar-refractivity contribution in [2.45, 2.75) is 13.1 Å². The number of benzene rings is 7. The predicted molar refractivity (Wildman–Crippen MR) is 224 cm³/mol. The van der Waals surface area contributed by atoms with Gasteiger partial charge in [-0.05, 0) is 70.5 Å². The smallest absolute Gasteiger partial charge is 0.160 e. The van der Waals surface area contributed by atoms with Crippen molar-refractivity contribution in [2.24, 2.45) is 0 Å². The van der Waals surface area contributed by atoms with Crippen LogP contribution >= 0.6 is 0 Å². The van der Waals surface area contributed by atoms with Crippen molar-refractivity contribution in [3.63, 3.8) is 0 Å². The molecule has 0 amide bonds. The van der Waals surface area contributed by atoms with E-state index in [-0.39, 0.29) is 0 Å². The van der Waals surface area contributed by atoms with Crippen molar-refractivity contribution in [3.05, 3.63) is 170 Å². The number of rotatable bonds is 4. The van der Waals surface area contributed by atoms with Crippen LogP contribution in [0.5, 0.6) is 0 Å². The molecule has 7 aromatic carbocycles. The Morgan fingerprint density at radius 1 is 0.434 bits per heavy atom. The molecule has 1 aliphatic rings. The minimum atomic E-state index is -2.02. The van der Waals surface area contributed by atoms with Crippen LogP contribution in [0.2, 0.25) is 13.1 Å². The maximum Gasteiger partial charge on any atom is 0.160 e. The molecule has 0 bridgehead atoms. The topological polar surface area (TPSA) is 35.6 Å². The average Bonchev–Trinajstić information content (AvgIpc) is 3.82. The zero-order chi connectivity index (χ0) is 35.3. The lowest BCUT2D eigenvalue weighted by molar-refractivity contribution is 1.17. The Balaban J connectivity index is 1.14. The largest absolute Gasteiger partial charge is 0.309 e. The van der Waals surface area contributed by atoms with Gasteiger partial charge in [-0.1, -0.05) is 128 Å². The van der Waals surface area contributed by atoms with E-state index in [0.717, 1.165) is 39.7 Å². The van der Waals surface area contributed by atoms with Crippen molar-refractivity contribution in [1.29, 1.82) is 0 Å². The Bertz CT molecular complexity index is 3070. The molecule has 1 aliphatic heterocycles. The minimum Gasteiger partial charge on any atom is -0.309 e. The third-order valence-electron chi connectivity index (χ3n) is 11.3. The Labute approximate surface area is 308 Å². The van der Waals surface area contributed by atoms with Gasteiger partial charge in [0.15, 0.2) is 5.82 Å². The first-order valence-corrected chi connectivity index (χ1v) is 21.3. The summed E-state index contributed by atoms with van der Waals surface area (Å²) in [5, 5.41) is 7.74. The summed E-state index contributed by atoms with van der Waals surface area (Å²) in [6.07, 6.45) is 0. The standard InChI is InChI=1S/C48H34N4Si/c1-53(2)42-24-14-11-21-38(42)45-47(53)44(31-15-5-3-6-16-31)49-48(50-45)32-25-27-34(28-26-32)52-39-22-12-9-19-35(39)36-29-30-41-43(46(36)52)37-20-10-13-23-40(37)51(41)33-17-7-4-8-18-33/h3-30H,1-2H3. The fraction of sp³-hybridized carbons (Fsp3) is 0.0417. The molecule has 0 fully saturated rings. The highest BCUT2D eigenvalue weighted by molar-refractivity contribution is 7.04. The number of para-hydroxylation sites is 3. The van der Waals surface area contributed by atoms with Crippen molar-refractivity contribution < 1.29 is 0 Å². The summed E-state index contributed by atoms with van der Waals surface area (Å²) >= 11 is 0. The van der Waals surface area contributed by atoms with Crippen LogP contribution in [0.1, 0.15) is 0 Å². The Hall–Kier alpha value is -6.56. The summed E-state index contributed by atoms with van der Waals surface area (Å²) in [7, 11) is -2.02. The summed E-state index contributed by atoms with van der Waals surface area (Å²) in [5.74, 6) is 0.756. The Morgan fingerprint density at radius 3 is 1.81 bits per heavy atom. The van der Waals surface area contributed by atoms with Crippen LogP contribution in [0.3, 0.4) is 0 Å². The molecule has 53 heavy (non-hydrogen) atoms. The van der Waals surface area contributed by atoms with Gasteiger partial charge in [0, 0.05) is 44.0 Å². The number of hydrogen-bond acceptors (Lipinski definition) is 2. The van der Waals surface area contributed by atoms with Crippen molar-refractivity contribution >= 4 is 62.1 Å². The van der Waals surface area contributed by atoms with E-state index >= 15 is 0 Å². The third kappa shape index (κ3) is 4.29. The number of aromatic nitrogens is 4. The number of hydrogen-bond donors (Lipinski definition) is 0. The molecular weight excluding hydrogens is 661 g/mol. The third-order valence-corrected chi connectivity index (χ3v) is 14.8. The van der Waals surface area contributed by atoms with Crippen molar-refractivity contribution in [2.75, 3.05) is 0 Å². The summed E-state index contributed by atoms with van der Waals surface area (Å²) < 4.78 is 4.84. The molecule has 0 N–H and O–H groups in total. The molecule has 10 aromatic rings. The van der Waals surface area contributed by atoms with E-state index in [1.54, 1.807) is 0 Å². The molecule has 4 heterocycles. The molecular formula is C48H34N4Si. The number of fused-ring (bicyclic) bond motifs is 10. The molecule has 3 aromatic heterocycles. The van der Waals surface area contributed by atoms with Gasteiger partial charge in [0.2, 0.25) is 0 Å². The van der Waals surface area contributed by atoms with E-state index in [0.29, 0.717) is 0 Å². The average molecular weight is 695 g/mol. The normalized spacial score (nSPS) is 13.2. The molecule has 0 atom stereocenters. The first-order chi connectivity index (χ1) is 26.1. The van der Waals surface area contributed by atoms with Crippen LogP contribution in [-0.2, 0) is 0 Å². The molecule has 11 rings (SSSR count). The van der Waals surface area contributed by atoms with Gasteiger partial charge in [0.25, 0.3) is 0 Å². The fourth-order valence-electron chi connectivity index (χ4n) is 8.94. The molecule has 0 spiro atoms. The van der Waals surface area contributed by atoms with Gasteiger partial charge in [0.05, 0.1) is 33.5 Å². The van der Waals surface area contributed by atoms with E-state index in [1.807, 2.05) is 0 Å². The highest BCUT2D eigenvalue weighted by atomic mass is 28.3. The van der Waals surface area contributed by atoms with E-state index in [1.165, 1.54) is 59.5 Å². The lowest BCUT2D eigenvalue weighted by Gasteiger charge is -2.21. The fourth-order valence-corrected chi connectivity index (χ4v) is 12.2. The summed E-state index contributed by atoms with van der Waals surface area (Å²) in [6, 6.07) is 61.2. The molecule has 0 saturated heterocycles. The van der Waals surface area contributed by atoms with Crippen LogP contribution in [0.4, 0.5) is 0 Å². The molecule has 250 valence electrons. The summed E-state index contributed by atoms with van der Waals surface area (Å²) in [6.45, 7) is 4.86. The van der Waals surface area contributed by atoms with Gasteiger partial charge in [-0.15, -0.1) is 0 Å². The molecule has 5 heteroatoms. The summed E-state index contributed by atoms with van der Waals surface area (Å²) in [5.41, 5.74) is 12.6. The van der Waals surface area contributed by atoms with Gasteiger partial charge in [-0.2, -0.15) is 0 Å². The summed E-state index contributed by atoms with van der Waals surface area (Å²) in [4.78, 5) is 10.7. The molecule has 0 radical (unpaired) electrons. The number of nitrogens with zero attached hydrogens (tertiary/aromatic N) is 4. The van der Waals surface area contributed by atoms with Gasteiger partial charge in [0.1, 0.15) is 8.07 Å². The lowest BCUT2D eigenvalue weighted by Crippen LogP contribution is -2.50.